The zero-order valence-electron chi connectivity index (χ0n) is 20.5. The molecule has 8 nitrogen and oxygen atoms in total. The standard InChI is InChI=1S/C28H29FN8/c29-23-4-2-1-3-19(23)15-36-28(31)21-8-5-18(13-24(21)34-36)22-14-25(37-26(22)27(30)32-16-33-37)17-9-11-35(12-10-17)20-6-7-20/h1-5,8,13-14,16-17,20H,6-7,9-12,15,31H2,(H2,30,32,33). The van der Waals surface area contributed by atoms with E-state index in [4.69, 9.17) is 16.6 Å². The predicted molar refractivity (Wildman–Crippen MR) is 143 cm³/mol. The van der Waals surface area contributed by atoms with Gasteiger partial charge in [0.05, 0.1) is 12.1 Å². The molecule has 3 aromatic heterocycles. The molecule has 1 aliphatic heterocycles. The van der Waals surface area contributed by atoms with Gasteiger partial charge in [0.15, 0.2) is 5.82 Å². The van der Waals surface area contributed by atoms with Gasteiger partial charge in [-0.2, -0.15) is 10.2 Å². The normalized spacial score (nSPS) is 17.2. The van der Waals surface area contributed by atoms with E-state index >= 15 is 0 Å². The number of halogens is 1. The molecule has 0 bridgehead atoms. The molecule has 2 aliphatic rings. The summed E-state index contributed by atoms with van der Waals surface area (Å²) >= 11 is 0. The second-order valence-electron chi connectivity index (χ2n) is 10.3. The molecule has 0 amide bonds. The monoisotopic (exact) mass is 496 g/mol. The molecule has 0 spiro atoms. The average Bonchev–Trinajstić information content (AvgIpc) is 3.62. The summed E-state index contributed by atoms with van der Waals surface area (Å²) in [4.78, 5) is 6.92. The Morgan fingerprint density at radius 2 is 1.78 bits per heavy atom. The minimum absolute atomic E-state index is 0.266. The number of nitrogens with zero attached hydrogens (tertiary/aromatic N) is 6. The summed E-state index contributed by atoms with van der Waals surface area (Å²) in [6.45, 7) is 2.52. The number of benzene rings is 2. The van der Waals surface area contributed by atoms with Crippen molar-refractivity contribution in [3.63, 3.8) is 0 Å². The number of piperidine rings is 1. The number of hydrogen-bond donors (Lipinski definition) is 2. The van der Waals surface area contributed by atoms with Crippen LogP contribution in [0.15, 0.2) is 54.9 Å². The molecule has 37 heavy (non-hydrogen) atoms. The van der Waals surface area contributed by atoms with Crippen LogP contribution < -0.4 is 11.5 Å². The van der Waals surface area contributed by atoms with Crippen LogP contribution in [0.4, 0.5) is 16.0 Å². The molecular formula is C28H29FN8. The lowest BCUT2D eigenvalue weighted by atomic mass is 9.93. The first kappa shape index (κ1) is 22.2. The van der Waals surface area contributed by atoms with Crippen molar-refractivity contribution in [2.24, 2.45) is 0 Å². The Bertz CT molecular complexity index is 1620. The van der Waals surface area contributed by atoms with Gasteiger partial charge in [-0.3, -0.25) is 0 Å². The van der Waals surface area contributed by atoms with Gasteiger partial charge in [0, 0.05) is 34.2 Å². The number of likely N-dealkylation sites (tertiary alicyclic amines) is 1. The maximum absolute atomic E-state index is 14.2. The highest BCUT2D eigenvalue weighted by atomic mass is 19.1. The van der Waals surface area contributed by atoms with Crippen molar-refractivity contribution in [1.29, 1.82) is 0 Å². The van der Waals surface area contributed by atoms with E-state index in [1.54, 1.807) is 16.8 Å². The van der Waals surface area contributed by atoms with Crippen LogP contribution in [-0.4, -0.2) is 48.4 Å². The quantitative estimate of drug-likeness (QED) is 0.373. The molecular weight excluding hydrogens is 467 g/mol. The Balaban J connectivity index is 1.27. The Kier molecular flexibility index (Phi) is 5.14. The van der Waals surface area contributed by atoms with Gasteiger partial charge in [-0.1, -0.05) is 24.3 Å². The van der Waals surface area contributed by atoms with Crippen LogP contribution in [-0.2, 0) is 6.54 Å². The second-order valence-corrected chi connectivity index (χ2v) is 10.3. The molecule has 1 aliphatic carbocycles. The van der Waals surface area contributed by atoms with E-state index in [9.17, 15) is 4.39 Å². The summed E-state index contributed by atoms with van der Waals surface area (Å²) in [6.07, 6.45) is 6.44. The first-order valence-corrected chi connectivity index (χ1v) is 12.9. The Morgan fingerprint density at radius 3 is 2.57 bits per heavy atom. The largest absolute Gasteiger partial charge is 0.383 e. The molecule has 4 N–H and O–H groups in total. The molecule has 1 saturated carbocycles. The fourth-order valence-corrected chi connectivity index (χ4v) is 5.83. The molecule has 2 fully saturated rings. The van der Waals surface area contributed by atoms with Crippen LogP contribution in [0.5, 0.6) is 0 Å². The van der Waals surface area contributed by atoms with E-state index in [1.165, 1.54) is 30.9 Å². The van der Waals surface area contributed by atoms with Crippen molar-refractivity contribution in [1.82, 2.24) is 29.3 Å². The van der Waals surface area contributed by atoms with Gasteiger partial charge in [-0.25, -0.2) is 18.6 Å². The zero-order valence-corrected chi connectivity index (χ0v) is 20.5. The van der Waals surface area contributed by atoms with Gasteiger partial charge in [0.2, 0.25) is 0 Å². The van der Waals surface area contributed by atoms with Crippen LogP contribution in [0.1, 0.15) is 42.9 Å². The van der Waals surface area contributed by atoms with Gasteiger partial charge >= 0.3 is 0 Å². The lowest BCUT2D eigenvalue weighted by Gasteiger charge is -2.31. The number of hydrogen-bond acceptors (Lipinski definition) is 6. The van der Waals surface area contributed by atoms with Crippen LogP contribution in [0.25, 0.3) is 27.5 Å². The maximum Gasteiger partial charge on any atom is 0.151 e. The van der Waals surface area contributed by atoms with Crippen LogP contribution in [0.3, 0.4) is 0 Å². The molecule has 2 aromatic carbocycles. The van der Waals surface area contributed by atoms with E-state index in [1.807, 2.05) is 28.8 Å². The summed E-state index contributed by atoms with van der Waals surface area (Å²) in [7, 11) is 0. The molecule has 7 rings (SSSR count). The molecule has 188 valence electrons. The zero-order chi connectivity index (χ0) is 25.1. The van der Waals surface area contributed by atoms with Gasteiger partial charge in [-0.05, 0) is 68.6 Å². The van der Waals surface area contributed by atoms with Gasteiger partial charge in [0.1, 0.15) is 23.5 Å². The van der Waals surface area contributed by atoms with Crippen molar-refractivity contribution in [2.45, 2.75) is 44.2 Å². The summed E-state index contributed by atoms with van der Waals surface area (Å²) < 4.78 is 17.9. The highest BCUT2D eigenvalue weighted by molar-refractivity contribution is 5.96. The van der Waals surface area contributed by atoms with Crippen molar-refractivity contribution in [3.05, 3.63) is 71.9 Å². The second kappa shape index (κ2) is 8.55. The van der Waals surface area contributed by atoms with Gasteiger partial charge in [-0.15, -0.1) is 0 Å². The molecule has 4 heterocycles. The fraction of sp³-hybridized carbons (Fsp3) is 0.321. The van der Waals surface area contributed by atoms with Crippen LogP contribution >= 0.6 is 0 Å². The van der Waals surface area contributed by atoms with Crippen LogP contribution in [0.2, 0.25) is 0 Å². The molecule has 1 saturated heterocycles. The number of aromatic nitrogens is 5. The maximum atomic E-state index is 14.2. The summed E-state index contributed by atoms with van der Waals surface area (Å²) in [5.74, 6) is 1.12. The van der Waals surface area contributed by atoms with E-state index in [-0.39, 0.29) is 12.4 Å². The minimum Gasteiger partial charge on any atom is -0.383 e. The van der Waals surface area contributed by atoms with E-state index in [2.05, 4.69) is 21.0 Å². The average molecular weight is 497 g/mol. The van der Waals surface area contributed by atoms with Crippen molar-refractivity contribution in [3.8, 4) is 11.1 Å². The van der Waals surface area contributed by atoms with Crippen molar-refractivity contribution < 1.29 is 4.39 Å². The highest BCUT2D eigenvalue weighted by Gasteiger charge is 2.33. The third-order valence-corrected chi connectivity index (χ3v) is 7.99. The third-order valence-electron chi connectivity index (χ3n) is 7.99. The molecule has 0 unspecified atom stereocenters. The Labute approximate surface area is 213 Å². The summed E-state index contributed by atoms with van der Waals surface area (Å²) in [5.41, 5.74) is 18.1. The predicted octanol–water partition coefficient (Wildman–Crippen LogP) is 4.44. The summed E-state index contributed by atoms with van der Waals surface area (Å²) in [5, 5.41) is 10.2. The fourth-order valence-electron chi connectivity index (χ4n) is 5.83. The van der Waals surface area contributed by atoms with Crippen molar-refractivity contribution >= 4 is 28.1 Å². The molecule has 0 radical (unpaired) electrons. The van der Waals surface area contributed by atoms with E-state index in [0.29, 0.717) is 23.1 Å². The topological polar surface area (TPSA) is 103 Å². The lowest BCUT2D eigenvalue weighted by molar-refractivity contribution is 0.201. The van der Waals surface area contributed by atoms with Crippen LogP contribution in [0, 0.1) is 5.82 Å². The van der Waals surface area contributed by atoms with E-state index in [0.717, 1.165) is 59.5 Å². The SMILES string of the molecule is Nc1ncnn2c(C3CCN(C4CC4)CC3)cc(-c3ccc4c(N)n(Cc5ccccc5F)nc4c3)c12. The molecule has 9 heteroatoms. The van der Waals surface area contributed by atoms with Gasteiger partial charge < -0.3 is 16.4 Å². The highest BCUT2D eigenvalue weighted by Crippen LogP contribution is 2.39. The minimum atomic E-state index is -0.270. The summed E-state index contributed by atoms with van der Waals surface area (Å²) in [6, 6.07) is 15.7. The third kappa shape index (κ3) is 3.81. The number of anilines is 2. The lowest BCUT2D eigenvalue weighted by Crippen LogP contribution is -2.34. The Hall–Kier alpha value is -3.98. The van der Waals surface area contributed by atoms with E-state index < -0.39 is 0 Å². The smallest absolute Gasteiger partial charge is 0.151 e. The number of rotatable bonds is 5. The Morgan fingerprint density at radius 1 is 0.973 bits per heavy atom. The molecule has 0 atom stereocenters. The number of nitrogens with two attached hydrogens (primary N) is 2. The number of fused-ring (bicyclic) bond motifs is 2. The first-order valence-electron chi connectivity index (χ1n) is 12.9. The number of nitrogen functional groups attached to an aromatic ring is 2. The van der Waals surface area contributed by atoms with Crippen molar-refractivity contribution in [2.75, 3.05) is 24.6 Å². The van der Waals surface area contributed by atoms with Gasteiger partial charge in [0.25, 0.3) is 0 Å². The first-order chi connectivity index (χ1) is 18.1. The molecule has 5 aromatic rings.